The molecule has 0 bridgehead atoms. The SMILES string of the molecule is CCOC(=O)N1CC2(CC[C@@H](N3CCN(c4cccnc4C4CCOCC4)CC3)C2)C1. The number of ether oxygens (including phenoxy) is 2. The fourth-order valence-electron chi connectivity index (χ4n) is 6.17. The molecule has 0 N–H and O–H groups in total. The molecule has 5 rings (SSSR count). The van der Waals surface area contributed by atoms with Crippen LogP contribution in [0.1, 0.15) is 50.6 Å². The van der Waals surface area contributed by atoms with Crippen LogP contribution in [0.2, 0.25) is 0 Å². The van der Waals surface area contributed by atoms with Gasteiger partial charge >= 0.3 is 6.09 Å². The second-order valence-corrected chi connectivity index (χ2v) is 9.77. The number of rotatable bonds is 4. The number of aromatic nitrogens is 1. The molecule has 1 aromatic rings. The van der Waals surface area contributed by atoms with E-state index >= 15 is 0 Å². The fourth-order valence-corrected chi connectivity index (χ4v) is 6.17. The zero-order valence-electron chi connectivity index (χ0n) is 18.8. The molecule has 7 nitrogen and oxygen atoms in total. The van der Waals surface area contributed by atoms with E-state index in [9.17, 15) is 4.79 Å². The van der Waals surface area contributed by atoms with Gasteiger partial charge in [-0.25, -0.2) is 4.79 Å². The van der Waals surface area contributed by atoms with Crippen LogP contribution in [0, 0.1) is 5.41 Å². The number of anilines is 1. The first kappa shape index (κ1) is 21.0. The van der Waals surface area contributed by atoms with E-state index in [-0.39, 0.29) is 6.09 Å². The number of carbonyl (C=O) groups excluding carboxylic acids is 1. The number of pyridine rings is 1. The van der Waals surface area contributed by atoms with Gasteiger partial charge in [-0.15, -0.1) is 0 Å². The highest BCUT2D eigenvalue weighted by Crippen LogP contribution is 2.47. The Morgan fingerprint density at radius 1 is 1.19 bits per heavy atom. The molecule has 3 saturated heterocycles. The lowest BCUT2D eigenvalue weighted by Gasteiger charge is -2.48. The van der Waals surface area contributed by atoms with E-state index < -0.39 is 0 Å². The number of amides is 1. The molecule has 4 aliphatic rings. The van der Waals surface area contributed by atoms with Gasteiger partial charge in [-0.1, -0.05) is 0 Å². The highest BCUT2D eigenvalue weighted by Gasteiger charge is 2.51. The Balaban J connectivity index is 1.15. The molecule has 1 amide bonds. The van der Waals surface area contributed by atoms with Gasteiger partial charge in [0.2, 0.25) is 0 Å². The summed E-state index contributed by atoms with van der Waals surface area (Å²) >= 11 is 0. The average Bonchev–Trinajstić information content (AvgIpc) is 3.25. The van der Waals surface area contributed by atoms with Crippen molar-refractivity contribution < 1.29 is 14.3 Å². The van der Waals surface area contributed by atoms with Gasteiger partial charge in [0.05, 0.1) is 18.0 Å². The Hall–Kier alpha value is -1.86. The van der Waals surface area contributed by atoms with Gasteiger partial charge in [0, 0.05) is 76.1 Å². The van der Waals surface area contributed by atoms with Crippen LogP contribution in [0.4, 0.5) is 10.5 Å². The van der Waals surface area contributed by atoms with Crippen LogP contribution in [0.5, 0.6) is 0 Å². The molecule has 0 unspecified atom stereocenters. The summed E-state index contributed by atoms with van der Waals surface area (Å²) in [6.07, 6.45) is 7.70. The van der Waals surface area contributed by atoms with Crippen LogP contribution in [0.15, 0.2) is 18.3 Å². The summed E-state index contributed by atoms with van der Waals surface area (Å²) in [4.78, 5) is 23.9. The third-order valence-corrected chi connectivity index (χ3v) is 7.85. The predicted molar refractivity (Wildman–Crippen MR) is 119 cm³/mol. The minimum Gasteiger partial charge on any atom is -0.450 e. The Morgan fingerprint density at radius 2 is 1.97 bits per heavy atom. The van der Waals surface area contributed by atoms with Gasteiger partial charge in [0.15, 0.2) is 0 Å². The molecule has 1 spiro atoms. The van der Waals surface area contributed by atoms with E-state index in [1.165, 1.54) is 30.6 Å². The summed E-state index contributed by atoms with van der Waals surface area (Å²) in [7, 11) is 0. The molecular formula is C24H36N4O3. The largest absolute Gasteiger partial charge is 0.450 e. The molecule has 4 heterocycles. The van der Waals surface area contributed by atoms with Crippen molar-refractivity contribution in [3.05, 3.63) is 24.0 Å². The van der Waals surface area contributed by atoms with Crippen molar-refractivity contribution in [2.45, 2.75) is 51.0 Å². The lowest BCUT2D eigenvalue weighted by atomic mass is 9.78. The van der Waals surface area contributed by atoms with Crippen LogP contribution in [0.25, 0.3) is 0 Å². The monoisotopic (exact) mass is 428 g/mol. The molecule has 1 aliphatic carbocycles. The fraction of sp³-hybridized carbons (Fsp3) is 0.750. The Labute approximate surface area is 185 Å². The predicted octanol–water partition coefficient (Wildman–Crippen LogP) is 3.11. The summed E-state index contributed by atoms with van der Waals surface area (Å²) in [5.74, 6) is 0.527. The second kappa shape index (κ2) is 8.94. The number of hydrogen-bond donors (Lipinski definition) is 0. The molecular weight excluding hydrogens is 392 g/mol. The summed E-state index contributed by atoms with van der Waals surface area (Å²) in [5, 5.41) is 0. The topological polar surface area (TPSA) is 58.1 Å². The lowest BCUT2D eigenvalue weighted by molar-refractivity contribution is -0.00294. The maximum absolute atomic E-state index is 11.9. The molecule has 1 atom stereocenters. The van der Waals surface area contributed by atoms with Crippen molar-refractivity contribution in [1.82, 2.24) is 14.8 Å². The average molecular weight is 429 g/mol. The molecule has 4 fully saturated rings. The molecule has 1 aromatic heterocycles. The zero-order chi connectivity index (χ0) is 21.3. The minimum absolute atomic E-state index is 0.137. The first-order valence-corrected chi connectivity index (χ1v) is 12.1. The number of carbonyl (C=O) groups is 1. The number of nitrogens with zero attached hydrogens (tertiary/aromatic N) is 4. The molecule has 0 radical (unpaired) electrons. The molecule has 31 heavy (non-hydrogen) atoms. The maximum atomic E-state index is 11.9. The minimum atomic E-state index is -0.137. The molecule has 3 aliphatic heterocycles. The molecule has 1 saturated carbocycles. The van der Waals surface area contributed by atoms with Crippen LogP contribution < -0.4 is 4.90 Å². The summed E-state index contributed by atoms with van der Waals surface area (Å²) in [6.45, 7) is 10.2. The van der Waals surface area contributed by atoms with Gasteiger partial charge in [0.25, 0.3) is 0 Å². The van der Waals surface area contributed by atoms with Gasteiger partial charge in [-0.3, -0.25) is 9.88 Å². The summed E-state index contributed by atoms with van der Waals surface area (Å²) in [5.41, 5.74) is 2.95. The third kappa shape index (κ3) is 4.27. The first-order valence-electron chi connectivity index (χ1n) is 12.1. The Bertz CT molecular complexity index is 768. The second-order valence-electron chi connectivity index (χ2n) is 9.77. The highest BCUT2D eigenvalue weighted by atomic mass is 16.6. The number of likely N-dealkylation sites (tertiary alicyclic amines) is 1. The van der Waals surface area contributed by atoms with E-state index in [2.05, 4.69) is 21.9 Å². The Morgan fingerprint density at radius 3 is 2.71 bits per heavy atom. The first-order chi connectivity index (χ1) is 15.2. The smallest absolute Gasteiger partial charge is 0.409 e. The van der Waals surface area contributed by atoms with E-state index in [0.717, 1.165) is 65.3 Å². The van der Waals surface area contributed by atoms with Crippen molar-refractivity contribution in [3.63, 3.8) is 0 Å². The van der Waals surface area contributed by atoms with Crippen molar-refractivity contribution in [2.75, 3.05) is 64.0 Å². The van der Waals surface area contributed by atoms with Crippen LogP contribution in [-0.4, -0.2) is 86.0 Å². The summed E-state index contributed by atoms with van der Waals surface area (Å²) < 4.78 is 10.7. The van der Waals surface area contributed by atoms with E-state index in [4.69, 9.17) is 14.5 Å². The normalized spacial score (nSPS) is 26.8. The quantitative estimate of drug-likeness (QED) is 0.735. The van der Waals surface area contributed by atoms with Crippen molar-refractivity contribution in [3.8, 4) is 0 Å². The maximum Gasteiger partial charge on any atom is 0.409 e. The van der Waals surface area contributed by atoms with Crippen molar-refractivity contribution in [1.29, 1.82) is 0 Å². The van der Waals surface area contributed by atoms with Crippen molar-refractivity contribution >= 4 is 11.8 Å². The lowest BCUT2D eigenvalue weighted by Crippen LogP contribution is -2.58. The van der Waals surface area contributed by atoms with Crippen LogP contribution in [0.3, 0.4) is 0 Å². The van der Waals surface area contributed by atoms with E-state index in [1.807, 2.05) is 18.0 Å². The van der Waals surface area contributed by atoms with Gasteiger partial charge in [-0.05, 0) is 51.2 Å². The standard InChI is InChI=1S/C24H36N4O3/c1-2-31-23(29)28-17-24(18-28)8-5-20(16-24)26-10-12-27(13-11-26)21-4-3-9-25-22(21)19-6-14-30-15-7-19/h3-4,9,19-20H,2,5-8,10-18H2,1H3/t20-/m1/s1. The van der Waals surface area contributed by atoms with E-state index in [1.54, 1.807) is 0 Å². The van der Waals surface area contributed by atoms with Crippen LogP contribution in [-0.2, 0) is 9.47 Å². The molecule has 7 heteroatoms. The van der Waals surface area contributed by atoms with Gasteiger partial charge in [-0.2, -0.15) is 0 Å². The summed E-state index contributed by atoms with van der Waals surface area (Å²) in [6, 6.07) is 5.00. The van der Waals surface area contributed by atoms with Crippen molar-refractivity contribution in [2.24, 2.45) is 5.41 Å². The van der Waals surface area contributed by atoms with Gasteiger partial charge in [0.1, 0.15) is 0 Å². The number of hydrogen-bond acceptors (Lipinski definition) is 6. The molecule has 170 valence electrons. The zero-order valence-corrected chi connectivity index (χ0v) is 18.8. The Kier molecular flexibility index (Phi) is 6.06. The third-order valence-electron chi connectivity index (χ3n) is 7.85. The van der Waals surface area contributed by atoms with E-state index in [0.29, 0.717) is 24.0 Å². The highest BCUT2D eigenvalue weighted by molar-refractivity contribution is 5.69. The van der Waals surface area contributed by atoms with Crippen LogP contribution >= 0.6 is 0 Å². The van der Waals surface area contributed by atoms with Gasteiger partial charge < -0.3 is 19.3 Å². The molecule has 0 aromatic carbocycles. The number of piperazine rings is 1.